The van der Waals surface area contributed by atoms with E-state index in [1.54, 1.807) is 24.3 Å². The monoisotopic (exact) mass is 446 g/mol. The number of hydrogen-bond donors (Lipinski definition) is 1. The molecule has 1 saturated heterocycles. The van der Waals surface area contributed by atoms with Crippen molar-refractivity contribution in [1.29, 1.82) is 0 Å². The summed E-state index contributed by atoms with van der Waals surface area (Å²) in [5, 5.41) is 3.04. The molecule has 1 aromatic heterocycles. The molecular weight excluding hydrogens is 416 g/mol. The van der Waals surface area contributed by atoms with E-state index < -0.39 is 0 Å². The number of rotatable bonds is 7. The molecule has 2 heterocycles. The van der Waals surface area contributed by atoms with Crippen molar-refractivity contribution in [2.45, 2.75) is 26.8 Å². The molecule has 0 radical (unpaired) electrons. The van der Waals surface area contributed by atoms with E-state index in [4.69, 9.17) is 9.15 Å². The second kappa shape index (κ2) is 10.1. The molecule has 1 amide bonds. The molecule has 6 nitrogen and oxygen atoms in total. The molecule has 0 aliphatic carbocycles. The summed E-state index contributed by atoms with van der Waals surface area (Å²) in [5.74, 6) is 1.22. The molecule has 1 N–H and O–H groups in total. The smallest absolute Gasteiger partial charge is 0.252 e. The molecule has 1 atom stereocenters. The number of benzene rings is 2. The summed E-state index contributed by atoms with van der Waals surface area (Å²) < 4.78 is 11.4. The number of carbonyl (C=O) groups excluding carboxylic acids is 2. The van der Waals surface area contributed by atoms with Gasteiger partial charge in [0, 0.05) is 30.8 Å². The van der Waals surface area contributed by atoms with Crippen LogP contribution in [0.25, 0.3) is 0 Å². The number of aryl methyl sites for hydroxylation is 3. The first-order chi connectivity index (χ1) is 15.9. The van der Waals surface area contributed by atoms with Gasteiger partial charge < -0.3 is 14.5 Å². The molecule has 1 unspecified atom stereocenters. The summed E-state index contributed by atoms with van der Waals surface area (Å²) in [5.41, 5.74) is 3.52. The minimum absolute atomic E-state index is 0.103. The van der Waals surface area contributed by atoms with Crippen molar-refractivity contribution >= 4 is 11.7 Å². The quantitative estimate of drug-likeness (QED) is 0.550. The standard InChI is InChI=1S/C27H30N2O4/c1-18-8-10-21(16-19(18)2)26(30)22-6-4-5-7-23(22)27(31)28-17-24(25-11-9-20(3)33-25)29-12-14-32-15-13-29/h4-11,16,24H,12-15,17H2,1-3H3,(H,28,31). The van der Waals surface area contributed by atoms with Gasteiger partial charge in [0.2, 0.25) is 0 Å². The molecule has 0 bridgehead atoms. The summed E-state index contributed by atoms with van der Waals surface area (Å²) >= 11 is 0. The Bertz CT molecular complexity index is 1140. The molecule has 2 aromatic carbocycles. The van der Waals surface area contributed by atoms with Crippen molar-refractivity contribution in [2.75, 3.05) is 32.8 Å². The average molecular weight is 447 g/mol. The van der Waals surface area contributed by atoms with Crippen molar-refractivity contribution in [2.24, 2.45) is 0 Å². The van der Waals surface area contributed by atoms with Crippen molar-refractivity contribution in [3.05, 3.63) is 93.9 Å². The van der Waals surface area contributed by atoms with E-state index >= 15 is 0 Å². The number of morpholine rings is 1. The van der Waals surface area contributed by atoms with Crippen LogP contribution in [0.1, 0.15) is 55.0 Å². The average Bonchev–Trinajstić information content (AvgIpc) is 3.27. The number of nitrogens with zero attached hydrogens (tertiary/aromatic N) is 1. The summed E-state index contributed by atoms with van der Waals surface area (Å²) in [4.78, 5) is 28.7. The van der Waals surface area contributed by atoms with Crippen LogP contribution in [-0.2, 0) is 4.74 Å². The first-order valence-corrected chi connectivity index (χ1v) is 11.3. The van der Waals surface area contributed by atoms with Gasteiger partial charge in [-0.25, -0.2) is 0 Å². The largest absolute Gasteiger partial charge is 0.465 e. The number of furan rings is 1. The van der Waals surface area contributed by atoms with Gasteiger partial charge in [0.05, 0.1) is 24.8 Å². The minimum Gasteiger partial charge on any atom is -0.465 e. The second-order valence-electron chi connectivity index (χ2n) is 8.50. The third-order valence-corrected chi connectivity index (χ3v) is 6.22. The minimum atomic E-state index is -0.274. The Balaban J connectivity index is 1.54. The molecule has 1 fully saturated rings. The van der Waals surface area contributed by atoms with Gasteiger partial charge in [-0.3, -0.25) is 14.5 Å². The van der Waals surface area contributed by atoms with Crippen LogP contribution < -0.4 is 5.32 Å². The Morgan fingerprint density at radius 1 is 0.939 bits per heavy atom. The molecule has 4 rings (SSSR count). The van der Waals surface area contributed by atoms with Crippen molar-refractivity contribution in [3.8, 4) is 0 Å². The molecule has 0 spiro atoms. The third kappa shape index (κ3) is 5.24. The molecule has 0 saturated carbocycles. The number of amides is 1. The van der Waals surface area contributed by atoms with Crippen LogP contribution in [0.4, 0.5) is 0 Å². The van der Waals surface area contributed by atoms with E-state index in [0.29, 0.717) is 36.4 Å². The van der Waals surface area contributed by atoms with E-state index in [-0.39, 0.29) is 17.7 Å². The highest BCUT2D eigenvalue weighted by atomic mass is 16.5. The van der Waals surface area contributed by atoms with Crippen LogP contribution in [0.3, 0.4) is 0 Å². The summed E-state index contributed by atoms with van der Waals surface area (Å²) in [6, 6.07) is 16.4. The van der Waals surface area contributed by atoms with Crippen LogP contribution in [0.2, 0.25) is 0 Å². The van der Waals surface area contributed by atoms with E-state index in [0.717, 1.165) is 35.7 Å². The Kier molecular flexibility index (Phi) is 7.06. The highest BCUT2D eigenvalue weighted by molar-refractivity contribution is 6.15. The predicted molar refractivity (Wildman–Crippen MR) is 127 cm³/mol. The molecule has 33 heavy (non-hydrogen) atoms. The molecule has 1 aliphatic rings. The molecule has 3 aromatic rings. The number of ether oxygens (including phenoxy) is 1. The van der Waals surface area contributed by atoms with Crippen molar-refractivity contribution in [3.63, 3.8) is 0 Å². The number of nitrogens with one attached hydrogen (secondary N) is 1. The molecule has 172 valence electrons. The zero-order chi connectivity index (χ0) is 23.4. The van der Waals surface area contributed by atoms with E-state index in [2.05, 4.69) is 10.2 Å². The normalized spacial score (nSPS) is 15.2. The van der Waals surface area contributed by atoms with Crippen LogP contribution in [0, 0.1) is 20.8 Å². The topological polar surface area (TPSA) is 71.8 Å². The highest BCUT2D eigenvalue weighted by Crippen LogP contribution is 2.24. The lowest BCUT2D eigenvalue weighted by molar-refractivity contribution is 0.0117. The lowest BCUT2D eigenvalue weighted by atomic mass is 9.95. The second-order valence-corrected chi connectivity index (χ2v) is 8.50. The Hall–Kier alpha value is -3.22. The zero-order valence-electron chi connectivity index (χ0n) is 19.4. The molecule has 6 heteroatoms. The number of ketones is 1. The van der Waals surface area contributed by atoms with Gasteiger partial charge in [-0.2, -0.15) is 0 Å². The Labute approximate surface area is 194 Å². The van der Waals surface area contributed by atoms with Crippen LogP contribution in [-0.4, -0.2) is 49.4 Å². The van der Waals surface area contributed by atoms with Crippen molar-refractivity contribution in [1.82, 2.24) is 10.2 Å². The van der Waals surface area contributed by atoms with Crippen LogP contribution in [0.15, 0.2) is 59.0 Å². The summed E-state index contributed by atoms with van der Waals surface area (Å²) in [7, 11) is 0. The summed E-state index contributed by atoms with van der Waals surface area (Å²) in [6.07, 6.45) is 0. The van der Waals surface area contributed by atoms with Gasteiger partial charge in [-0.05, 0) is 56.2 Å². The fourth-order valence-corrected chi connectivity index (χ4v) is 4.13. The first kappa shape index (κ1) is 23.0. The molecular formula is C27H30N2O4. The maximum absolute atomic E-state index is 13.2. The fraction of sp³-hybridized carbons (Fsp3) is 0.333. The number of carbonyl (C=O) groups is 2. The van der Waals surface area contributed by atoms with E-state index in [1.807, 2.05) is 51.1 Å². The molecule has 1 aliphatic heterocycles. The fourth-order valence-electron chi connectivity index (χ4n) is 4.13. The Morgan fingerprint density at radius 3 is 2.33 bits per heavy atom. The van der Waals surface area contributed by atoms with Gasteiger partial charge in [-0.1, -0.05) is 30.3 Å². The van der Waals surface area contributed by atoms with E-state index in [9.17, 15) is 9.59 Å². The van der Waals surface area contributed by atoms with Gasteiger partial charge in [0.1, 0.15) is 11.5 Å². The van der Waals surface area contributed by atoms with Gasteiger partial charge >= 0.3 is 0 Å². The Morgan fingerprint density at radius 2 is 1.67 bits per heavy atom. The van der Waals surface area contributed by atoms with Crippen LogP contribution >= 0.6 is 0 Å². The highest BCUT2D eigenvalue weighted by Gasteiger charge is 2.26. The SMILES string of the molecule is Cc1ccc(C(CNC(=O)c2ccccc2C(=O)c2ccc(C)c(C)c2)N2CCOCC2)o1. The number of hydrogen-bond acceptors (Lipinski definition) is 5. The van der Waals surface area contributed by atoms with Gasteiger partial charge in [0.15, 0.2) is 5.78 Å². The lowest BCUT2D eigenvalue weighted by Crippen LogP contribution is -2.43. The maximum atomic E-state index is 13.2. The van der Waals surface area contributed by atoms with Crippen molar-refractivity contribution < 1.29 is 18.7 Å². The maximum Gasteiger partial charge on any atom is 0.252 e. The van der Waals surface area contributed by atoms with E-state index in [1.165, 1.54) is 0 Å². The third-order valence-electron chi connectivity index (χ3n) is 6.22. The zero-order valence-corrected chi connectivity index (χ0v) is 19.4. The predicted octanol–water partition coefficient (Wildman–Crippen LogP) is 4.24. The summed E-state index contributed by atoms with van der Waals surface area (Å²) in [6.45, 7) is 9.10. The van der Waals surface area contributed by atoms with Gasteiger partial charge in [0.25, 0.3) is 5.91 Å². The van der Waals surface area contributed by atoms with Crippen LogP contribution in [0.5, 0.6) is 0 Å². The lowest BCUT2D eigenvalue weighted by Gasteiger charge is -2.33. The first-order valence-electron chi connectivity index (χ1n) is 11.3. The van der Waals surface area contributed by atoms with Gasteiger partial charge in [-0.15, -0.1) is 0 Å².